The standard InChI is InChI=1S/C26H32N4O2S/c1-18-9-11-19(12-10-18)16-30-25(32)23-22(13-15-33-23)28-26(30)29-14-5-6-20(17-29)24(31)27-21-7-3-2-4-8-21/h9-13,15,20-21H,2-8,14,16-17H2,1H3,(H,27,31)/t20-/m0/s1. The van der Waals surface area contributed by atoms with Crippen LogP contribution < -0.4 is 15.8 Å². The normalized spacial score (nSPS) is 19.7. The zero-order valence-electron chi connectivity index (χ0n) is 19.3. The average Bonchev–Trinajstić information content (AvgIpc) is 3.32. The lowest BCUT2D eigenvalue weighted by Gasteiger charge is -2.35. The van der Waals surface area contributed by atoms with Crippen LogP contribution in [0.15, 0.2) is 40.5 Å². The molecule has 1 atom stereocenters. The lowest BCUT2D eigenvalue weighted by Crippen LogP contribution is -2.47. The first-order chi connectivity index (χ1) is 16.1. The highest BCUT2D eigenvalue weighted by Gasteiger charge is 2.30. The van der Waals surface area contributed by atoms with E-state index in [9.17, 15) is 9.59 Å². The molecule has 6 nitrogen and oxygen atoms in total. The molecule has 1 aliphatic carbocycles. The van der Waals surface area contributed by atoms with Crippen LogP contribution in [0.5, 0.6) is 0 Å². The summed E-state index contributed by atoms with van der Waals surface area (Å²) in [6.45, 7) is 3.95. The van der Waals surface area contributed by atoms with Gasteiger partial charge in [-0.1, -0.05) is 49.1 Å². The van der Waals surface area contributed by atoms with Gasteiger partial charge in [-0.3, -0.25) is 14.2 Å². The number of carbonyl (C=O) groups excluding carboxylic acids is 1. The lowest BCUT2D eigenvalue weighted by atomic mass is 9.93. The maximum atomic E-state index is 13.4. The van der Waals surface area contributed by atoms with Crippen molar-refractivity contribution in [2.75, 3.05) is 18.0 Å². The Morgan fingerprint density at radius 3 is 2.67 bits per heavy atom. The largest absolute Gasteiger partial charge is 0.353 e. The van der Waals surface area contributed by atoms with E-state index in [1.165, 1.54) is 36.2 Å². The van der Waals surface area contributed by atoms with Crippen LogP contribution in [0.3, 0.4) is 0 Å². The van der Waals surface area contributed by atoms with Crippen LogP contribution in [-0.2, 0) is 11.3 Å². The van der Waals surface area contributed by atoms with Crippen LogP contribution in [0.2, 0.25) is 0 Å². The average molecular weight is 465 g/mol. The summed E-state index contributed by atoms with van der Waals surface area (Å²) in [6, 6.07) is 10.5. The Bertz CT molecular complexity index is 1180. The molecule has 1 amide bonds. The van der Waals surface area contributed by atoms with Gasteiger partial charge in [-0.15, -0.1) is 11.3 Å². The van der Waals surface area contributed by atoms with Gasteiger partial charge >= 0.3 is 0 Å². The van der Waals surface area contributed by atoms with Gasteiger partial charge < -0.3 is 10.2 Å². The Hall–Kier alpha value is -2.67. The van der Waals surface area contributed by atoms with E-state index in [-0.39, 0.29) is 17.4 Å². The fraction of sp³-hybridized carbons (Fsp3) is 0.500. The third-order valence-corrected chi connectivity index (χ3v) is 7.93. The number of nitrogens with one attached hydrogen (secondary N) is 1. The molecule has 2 aliphatic rings. The van der Waals surface area contributed by atoms with Gasteiger partial charge in [0.05, 0.1) is 18.0 Å². The van der Waals surface area contributed by atoms with E-state index in [0.29, 0.717) is 29.8 Å². The molecule has 2 aromatic heterocycles. The highest BCUT2D eigenvalue weighted by molar-refractivity contribution is 7.17. The van der Waals surface area contributed by atoms with Gasteiger partial charge in [-0.05, 0) is 49.6 Å². The molecule has 3 heterocycles. The number of nitrogens with zero attached hydrogens (tertiary/aromatic N) is 3. The van der Waals surface area contributed by atoms with Crippen molar-refractivity contribution in [2.24, 2.45) is 5.92 Å². The number of carbonyl (C=O) groups is 1. The van der Waals surface area contributed by atoms with E-state index in [4.69, 9.17) is 4.98 Å². The van der Waals surface area contributed by atoms with Crippen molar-refractivity contribution in [1.82, 2.24) is 14.9 Å². The van der Waals surface area contributed by atoms with E-state index in [0.717, 1.165) is 43.3 Å². The van der Waals surface area contributed by atoms with Crippen molar-refractivity contribution < 1.29 is 4.79 Å². The van der Waals surface area contributed by atoms with Crippen molar-refractivity contribution in [2.45, 2.75) is 64.5 Å². The summed E-state index contributed by atoms with van der Waals surface area (Å²) in [5, 5.41) is 5.23. The minimum atomic E-state index is -0.0661. The highest BCUT2D eigenvalue weighted by atomic mass is 32.1. The first-order valence-corrected chi connectivity index (χ1v) is 13.1. The maximum absolute atomic E-state index is 13.4. The zero-order valence-corrected chi connectivity index (χ0v) is 20.1. The number of aryl methyl sites for hydroxylation is 1. The number of benzene rings is 1. The number of anilines is 1. The second-order valence-electron chi connectivity index (χ2n) is 9.55. The topological polar surface area (TPSA) is 67.2 Å². The third-order valence-electron chi connectivity index (χ3n) is 7.03. The molecule has 7 heteroatoms. The minimum absolute atomic E-state index is 0.000597. The summed E-state index contributed by atoms with van der Waals surface area (Å²) >= 11 is 1.44. The summed E-state index contributed by atoms with van der Waals surface area (Å²) < 4.78 is 2.49. The maximum Gasteiger partial charge on any atom is 0.273 e. The smallest absolute Gasteiger partial charge is 0.273 e. The quantitative estimate of drug-likeness (QED) is 0.605. The number of aromatic nitrogens is 2. The fourth-order valence-corrected chi connectivity index (χ4v) is 5.91. The van der Waals surface area contributed by atoms with Gasteiger partial charge in [0, 0.05) is 19.1 Å². The monoisotopic (exact) mass is 464 g/mol. The van der Waals surface area contributed by atoms with Gasteiger partial charge in [0.15, 0.2) is 0 Å². The van der Waals surface area contributed by atoms with Crippen molar-refractivity contribution in [3.8, 4) is 0 Å². The molecule has 1 aliphatic heterocycles. The number of hydrogen-bond acceptors (Lipinski definition) is 5. The first kappa shape index (κ1) is 22.1. The van der Waals surface area contributed by atoms with Gasteiger partial charge in [0.25, 0.3) is 5.56 Å². The Morgan fingerprint density at radius 1 is 1.09 bits per heavy atom. The number of fused-ring (bicyclic) bond motifs is 1. The predicted octanol–water partition coefficient (Wildman–Crippen LogP) is 4.48. The Kier molecular flexibility index (Phi) is 6.49. The van der Waals surface area contributed by atoms with Crippen LogP contribution in [0, 0.1) is 12.8 Å². The van der Waals surface area contributed by atoms with Crippen LogP contribution >= 0.6 is 11.3 Å². The van der Waals surface area contributed by atoms with Gasteiger partial charge in [-0.2, -0.15) is 0 Å². The molecule has 2 fully saturated rings. The number of amides is 1. The Morgan fingerprint density at radius 2 is 1.88 bits per heavy atom. The van der Waals surface area contributed by atoms with Gasteiger partial charge in [0.1, 0.15) is 4.70 Å². The molecule has 0 unspecified atom stereocenters. The van der Waals surface area contributed by atoms with Crippen LogP contribution in [-0.4, -0.2) is 34.6 Å². The van der Waals surface area contributed by atoms with E-state index < -0.39 is 0 Å². The molecule has 3 aromatic rings. The molecule has 1 N–H and O–H groups in total. The molecule has 1 saturated heterocycles. The van der Waals surface area contributed by atoms with Crippen LogP contribution in [0.25, 0.3) is 10.2 Å². The summed E-state index contributed by atoms with van der Waals surface area (Å²) in [4.78, 5) is 33.6. The molecule has 174 valence electrons. The first-order valence-electron chi connectivity index (χ1n) is 12.2. The van der Waals surface area contributed by atoms with Crippen LogP contribution in [0.1, 0.15) is 56.1 Å². The summed E-state index contributed by atoms with van der Waals surface area (Å²) in [7, 11) is 0. The lowest BCUT2D eigenvalue weighted by molar-refractivity contribution is -0.126. The fourth-order valence-electron chi connectivity index (χ4n) is 5.13. The summed E-state index contributed by atoms with van der Waals surface area (Å²) in [5.41, 5.74) is 3.01. The van der Waals surface area contributed by atoms with Crippen molar-refractivity contribution in [3.63, 3.8) is 0 Å². The summed E-state index contributed by atoms with van der Waals surface area (Å²) in [6.07, 6.45) is 7.68. The second-order valence-corrected chi connectivity index (χ2v) is 10.5. The number of rotatable bonds is 5. The molecule has 33 heavy (non-hydrogen) atoms. The minimum Gasteiger partial charge on any atom is -0.353 e. The Labute approximate surface area is 198 Å². The van der Waals surface area contributed by atoms with E-state index in [1.54, 1.807) is 4.57 Å². The molecule has 1 saturated carbocycles. The van der Waals surface area contributed by atoms with Crippen molar-refractivity contribution >= 4 is 33.4 Å². The second kappa shape index (κ2) is 9.67. The predicted molar refractivity (Wildman–Crippen MR) is 134 cm³/mol. The van der Waals surface area contributed by atoms with E-state index >= 15 is 0 Å². The number of thiophene rings is 1. The molecule has 0 bridgehead atoms. The molecular formula is C26H32N4O2S. The molecule has 5 rings (SSSR count). The number of hydrogen-bond donors (Lipinski definition) is 1. The van der Waals surface area contributed by atoms with E-state index in [1.807, 2.05) is 11.4 Å². The Balaban J connectivity index is 1.42. The third kappa shape index (κ3) is 4.83. The highest BCUT2D eigenvalue weighted by Crippen LogP contribution is 2.26. The molecule has 0 spiro atoms. The SMILES string of the molecule is Cc1ccc(Cn2c(N3CCC[C@H](C(=O)NC4CCCCC4)C3)nc3ccsc3c2=O)cc1. The van der Waals surface area contributed by atoms with Crippen molar-refractivity contribution in [3.05, 3.63) is 57.2 Å². The van der Waals surface area contributed by atoms with Gasteiger partial charge in [-0.25, -0.2) is 4.98 Å². The molecular weight excluding hydrogens is 432 g/mol. The van der Waals surface area contributed by atoms with Crippen LogP contribution in [0.4, 0.5) is 5.95 Å². The van der Waals surface area contributed by atoms with E-state index in [2.05, 4.69) is 41.4 Å². The molecule has 0 radical (unpaired) electrons. The number of piperidine rings is 1. The van der Waals surface area contributed by atoms with Crippen molar-refractivity contribution in [1.29, 1.82) is 0 Å². The van der Waals surface area contributed by atoms with Gasteiger partial charge in [0.2, 0.25) is 11.9 Å². The molecule has 1 aromatic carbocycles. The summed E-state index contributed by atoms with van der Waals surface area (Å²) in [5.74, 6) is 0.779. The zero-order chi connectivity index (χ0) is 22.8.